The van der Waals surface area contributed by atoms with Crippen LogP contribution in [0.2, 0.25) is 0 Å². The molecule has 7 heteroatoms. The minimum Gasteiger partial charge on any atom is -0.497 e. The Labute approximate surface area is 119 Å². The van der Waals surface area contributed by atoms with Gasteiger partial charge in [0, 0.05) is 26.7 Å². The van der Waals surface area contributed by atoms with Crippen LogP contribution in [-0.2, 0) is 16.8 Å². The van der Waals surface area contributed by atoms with Gasteiger partial charge in [-0.1, -0.05) is 12.1 Å². The Morgan fingerprint density at radius 1 is 1.50 bits per heavy atom. The second-order valence-corrected chi connectivity index (χ2v) is 6.95. The summed E-state index contributed by atoms with van der Waals surface area (Å²) in [7, 11) is -0.408. The highest BCUT2D eigenvalue weighted by molar-refractivity contribution is 7.86. The largest absolute Gasteiger partial charge is 0.497 e. The molecule has 0 aromatic heterocycles. The van der Waals surface area contributed by atoms with Gasteiger partial charge in [0.1, 0.15) is 5.75 Å². The molecule has 0 spiro atoms. The van der Waals surface area contributed by atoms with E-state index in [1.165, 1.54) is 8.61 Å². The van der Waals surface area contributed by atoms with E-state index in [1.54, 1.807) is 14.2 Å². The molecule has 20 heavy (non-hydrogen) atoms. The smallest absolute Gasteiger partial charge is 0.282 e. The van der Waals surface area contributed by atoms with Crippen LogP contribution in [0.15, 0.2) is 24.3 Å². The highest BCUT2D eigenvalue weighted by Gasteiger charge is 2.33. The average Bonchev–Trinajstić information content (AvgIpc) is 2.86. The summed E-state index contributed by atoms with van der Waals surface area (Å²) in [5.74, 6) is 0.699. The molecule has 1 aromatic carbocycles. The summed E-state index contributed by atoms with van der Waals surface area (Å²) in [5, 5.41) is 9.46. The fourth-order valence-corrected chi connectivity index (χ4v) is 3.63. The van der Waals surface area contributed by atoms with Gasteiger partial charge in [0.2, 0.25) is 0 Å². The number of hydrogen-bond donors (Lipinski definition) is 1. The normalized spacial score (nSPS) is 20.5. The van der Waals surface area contributed by atoms with Crippen LogP contribution in [0.5, 0.6) is 5.75 Å². The number of rotatable bonds is 5. The maximum atomic E-state index is 12.3. The maximum absolute atomic E-state index is 12.3. The number of ether oxygens (including phenoxy) is 1. The molecule has 1 aliphatic rings. The number of aliphatic hydroxyl groups is 1. The Hall–Kier alpha value is -1.15. The fraction of sp³-hybridized carbons (Fsp3) is 0.538. The summed E-state index contributed by atoms with van der Waals surface area (Å²) in [6.07, 6.45) is -0.0679. The topological polar surface area (TPSA) is 70.1 Å². The van der Waals surface area contributed by atoms with Gasteiger partial charge in [0.05, 0.1) is 13.2 Å². The summed E-state index contributed by atoms with van der Waals surface area (Å²) in [6, 6.07) is 7.31. The Kier molecular flexibility index (Phi) is 4.64. The minimum atomic E-state index is -3.52. The standard InChI is InChI=1S/C13H20N2O4S/c1-14(9-11-4-3-5-13(8-11)19-2)20(17,18)15-7-6-12(16)10-15/h3-5,8,12,16H,6-7,9-10H2,1-2H3. The first-order valence-electron chi connectivity index (χ1n) is 6.46. The molecular formula is C13H20N2O4S. The number of benzene rings is 1. The van der Waals surface area contributed by atoms with E-state index in [2.05, 4.69) is 0 Å². The van der Waals surface area contributed by atoms with Gasteiger partial charge in [-0.3, -0.25) is 0 Å². The first-order chi connectivity index (χ1) is 9.43. The van der Waals surface area contributed by atoms with Crippen molar-refractivity contribution in [2.24, 2.45) is 0 Å². The zero-order chi connectivity index (χ0) is 14.8. The van der Waals surface area contributed by atoms with E-state index in [0.717, 1.165) is 5.56 Å². The summed E-state index contributed by atoms with van der Waals surface area (Å²) in [4.78, 5) is 0. The van der Waals surface area contributed by atoms with Crippen molar-refractivity contribution in [2.75, 3.05) is 27.2 Å². The highest BCUT2D eigenvalue weighted by atomic mass is 32.2. The number of hydrogen-bond acceptors (Lipinski definition) is 4. The van der Waals surface area contributed by atoms with Crippen LogP contribution in [0.25, 0.3) is 0 Å². The molecule has 0 amide bonds. The Bertz CT molecular complexity index is 561. The Balaban J connectivity index is 2.08. The fourth-order valence-electron chi connectivity index (χ4n) is 2.23. The van der Waals surface area contributed by atoms with Crippen LogP contribution in [0, 0.1) is 0 Å². The predicted octanol–water partition coefficient (Wildman–Crippen LogP) is 0.438. The molecule has 1 fully saturated rings. The number of β-amino-alcohol motifs (C(OH)–C–C–N with tert-alkyl or cyclic N) is 1. The second-order valence-electron chi connectivity index (χ2n) is 4.92. The molecule has 1 saturated heterocycles. The van der Waals surface area contributed by atoms with Gasteiger partial charge in [-0.25, -0.2) is 0 Å². The van der Waals surface area contributed by atoms with E-state index in [-0.39, 0.29) is 13.1 Å². The molecule has 1 atom stereocenters. The third-order valence-electron chi connectivity index (χ3n) is 3.39. The van der Waals surface area contributed by atoms with Crippen molar-refractivity contribution in [2.45, 2.75) is 19.1 Å². The number of aliphatic hydroxyl groups excluding tert-OH is 1. The quantitative estimate of drug-likeness (QED) is 0.856. The van der Waals surface area contributed by atoms with Crippen LogP contribution in [0.3, 0.4) is 0 Å². The van der Waals surface area contributed by atoms with Crippen LogP contribution in [-0.4, -0.2) is 55.5 Å². The van der Waals surface area contributed by atoms with Crippen molar-refractivity contribution in [3.63, 3.8) is 0 Å². The van der Waals surface area contributed by atoms with Crippen molar-refractivity contribution >= 4 is 10.2 Å². The molecule has 0 aliphatic carbocycles. The van der Waals surface area contributed by atoms with Gasteiger partial charge in [-0.2, -0.15) is 17.0 Å². The van der Waals surface area contributed by atoms with Gasteiger partial charge in [0.15, 0.2) is 0 Å². The zero-order valence-electron chi connectivity index (χ0n) is 11.7. The van der Waals surface area contributed by atoms with E-state index in [4.69, 9.17) is 4.74 Å². The third-order valence-corrected chi connectivity index (χ3v) is 5.29. The summed E-state index contributed by atoms with van der Waals surface area (Å²) in [5.41, 5.74) is 0.857. The third kappa shape index (κ3) is 3.29. The average molecular weight is 300 g/mol. The lowest BCUT2D eigenvalue weighted by Gasteiger charge is -2.24. The number of nitrogens with zero attached hydrogens (tertiary/aromatic N) is 2. The van der Waals surface area contributed by atoms with Crippen molar-refractivity contribution in [1.29, 1.82) is 0 Å². The molecule has 1 aliphatic heterocycles. The van der Waals surface area contributed by atoms with Crippen molar-refractivity contribution in [3.05, 3.63) is 29.8 Å². The first kappa shape index (κ1) is 15.2. The van der Waals surface area contributed by atoms with Gasteiger partial charge < -0.3 is 9.84 Å². The molecule has 0 radical (unpaired) electrons. The van der Waals surface area contributed by atoms with Gasteiger partial charge >= 0.3 is 0 Å². The molecule has 6 nitrogen and oxygen atoms in total. The van der Waals surface area contributed by atoms with E-state index in [1.807, 2.05) is 24.3 Å². The maximum Gasteiger partial charge on any atom is 0.282 e. The molecule has 2 rings (SSSR count). The summed E-state index contributed by atoms with van der Waals surface area (Å²) in [6.45, 7) is 0.808. The van der Waals surface area contributed by atoms with E-state index < -0.39 is 16.3 Å². The van der Waals surface area contributed by atoms with Crippen molar-refractivity contribution in [1.82, 2.24) is 8.61 Å². The molecule has 1 aromatic rings. The van der Waals surface area contributed by atoms with Crippen LogP contribution < -0.4 is 4.74 Å². The highest BCUT2D eigenvalue weighted by Crippen LogP contribution is 2.19. The molecular weight excluding hydrogens is 280 g/mol. The van der Waals surface area contributed by atoms with Gasteiger partial charge in [-0.05, 0) is 24.1 Å². The molecule has 1 heterocycles. The predicted molar refractivity (Wildman–Crippen MR) is 75.6 cm³/mol. The number of methoxy groups -OCH3 is 1. The zero-order valence-corrected chi connectivity index (χ0v) is 12.5. The molecule has 1 N–H and O–H groups in total. The molecule has 112 valence electrons. The molecule has 0 bridgehead atoms. The Morgan fingerprint density at radius 3 is 2.85 bits per heavy atom. The van der Waals surface area contributed by atoms with Crippen LogP contribution >= 0.6 is 0 Å². The minimum absolute atomic E-state index is 0.171. The van der Waals surface area contributed by atoms with Gasteiger partial charge in [0.25, 0.3) is 10.2 Å². The monoisotopic (exact) mass is 300 g/mol. The van der Waals surface area contributed by atoms with Gasteiger partial charge in [-0.15, -0.1) is 0 Å². The SMILES string of the molecule is COc1cccc(CN(C)S(=O)(=O)N2CCC(O)C2)c1. The summed E-state index contributed by atoms with van der Waals surface area (Å²) >= 11 is 0. The van der Waals surface area contributed by atoms with Crippen molar-refractivity contribution < 1.29 is 18.3 Å². The van der Waals surface area contributed by atoms with E-state index in [9.17, 15) is 13.5 Å². The molecule has 1 unspecified atom stereocenters. The lowest BCUT2D eigenvalue weighted by atomic mass is 10.2. The lowest BCUT2D eigenvalue weighted by molar-refractivity contribution is 0.188. The first-order valence-corrected chi connectivity index (χ1v) is 7.85. The van der Waals surface area contributed by atoms with Crippen molar-refractivity contribution in [3.8, 4) is 5.75 Å². The van der Waals surface area contributed by atoms with E-state index >= 15 is 0 Å². The van der Waals surface area contributed by atoms with E-state index in [0.29, 0.717) is 18.7 Å². The summed E-state index contributed by atoms with van der Waals surface area (Å²) < 4.78 is 32.4. The second kappa shape index (κ2) is 6.09. The van der Waals surface area contributed by atoms with Crippen LogP contribution in [0.1, 0.15) is 12.0 Å². The van der Waals surface area contributed by atoms with Crippen LogP contribution in [0.4, 0.5) is 0 Å². The lowest BCUT2D eigenvalue weighted by Crippen LogP contribution is -2.40. The Morgan fingerprint density at radius 2 is 2.25 bits per heavy atom. The molecule has 0 saturated carbocycles.